The molecule has 0 atom stereocenters. The van der Waals surface area contributed by atoms with Crippen molar-refractivity contribution in [3.05, 3.63) is 21.4 Å². The second-order valence-corrected chi connectivity index (χ2v) is 7.18. The molecular formula is C16H22N2O2S. The highest BCUT2D eigenvalue weighted by atomic mass is 32.1. The summed E-state index contributed by atoms with van der Waals surface area (Å²) in [5, 5.41) is 0. The molecule has 5 heteroatoms. The van der Waals surface area contributed by atoms with E-state index in [4.69, 9.17) is 0 Å². The van der Waals surface area contributed by atoms with Crippen LogP contribution in [0.5, 0.6) is 0 Å². The maximum Gasteiger partial charge on any atom is 0.279 e. The SMILES string of the molecule is O=C(NNC(=O)C1CCCC1)c1cc2c(s1)CCCCC2. The predicted octanol–water partition coefficient (Wildman–Crippen LogP) is 2.97. The maximum atomic E-state index is 12.2. The Balaban J connectivity index is 1.56. The van der Waals surface area contributed by atoms with Gasteiger partial charge in [-0.15, -0.1) is 11.3 Å². The second kappa shape index (κ2) is 6.60. The molecule has 1 fully saturated rings. The molecule has 2 amide bonds. The van der Waals surface area contributed by atoms with Gasteiger partial charge in [-0.1, -0.05) is 19.3 Å². The van der Waals surface area contributed by atoms with Crippen LogP contribution in [-0.2, 0) is 17.6 Å². The first-order valence-electron chi connectivity index (χ1n) is 7.96. The number of carbonyl (C=O) groups is 2. The largest absolute Gasteiger partial charge is 0.279 e. The lowest BCUT2D eigenvalue weighted by atomic mass is 10.1. The summed E-state index contributed by atoms with van der Waals surface area (Å²) in [6.07, 6.45) is 9.98. The number of amides is 2. The first kappa shape index (κ1) is 14.6. The standard InChI is InChI=1S/C16H22N2O2S/c19-15(11-6-4-5-7-11)17-18-16(20)14-10-12-8-2-1-3-9-13(12)21-14/h10-11H,1-9H2,(H,17,19)(H,18,20). The Morgan fingerprint density at radius 2 is 1.76 bits per heavy atom. The lowest BCUT2D eigenvalue weighted by Crippen LogP contribution is -2.43. The van der Waals surface area contributed by atoms with Crippen molar-refractivity contribution in [2.24, 2.45) is 5.92 Å². The zero-order chi connectivity index (χ0) is 14.7. The number of nitrogens with one attached hydrogen (secondary N) is 2. The van der Waals surface area contributed by atoms with E-state index in [0.717, 1.165) is 38.5 Å². The molecule has 3 rings (SSSR count). The second-order valence-electron chi connectivity index (χ2n) is 6.04. The Morgan fingerprint density at radius 1 is 1.00 bits per heavy atom. The van der Waals surface area contributed by atoms with Gasteiger partial charge < -0.3 is 0 Å². The lowest BCUT2D eigenvalue weighted by molar-refractivity contribution is -0.125. The molecule has 0 bridgehead atoms. The van der Waals surface area contributed by atoms with Crippen LogP contribution in [0.2, 0.25) is 0 Å². The molecule has 1 heterocycles. The molecule has 2 aliphatic rings. The Labute approximate surface area is 129 Å². The van der Waals surface area contributed by atoms with Gasteiger partial charge in [0.05, 0.1) is 4.88 Å². The number of hydrazine groups is 1. The lowest BCUT2D eigenvalue weighted by Gasteiger charge is -2.10. The summed E-state index contributed by atoms with van der Waals surface area (Å²) in [5.74, 6) is -0.149. The summed E-state index contributed by atoms with van der Waals surface area (Å²) in [4.78, 5) is 26.1. The van der Waals surface area contributed by atoms with Gasteiger partial charge in [0.1, 0.15) is 0 Å². The van der Waals surface area contributed by atoms with Crippen molar-refractivity contribution in [3.63, 3.8) is 0 Å². The van der Waals surface area contributed by atoms with Gasteiger partial charge in [-0.05, 0) is 50.2 Å². The van der Waals surface area contributed by atoms with E-state index < -0.39 is 0 Å². The summed E-state index contributed by atoms with van der Waals surface area (Å²) in [6.45, 7) is 0. The highest BCUT2D eigenvalue weighted by molar-refractivity contribution is 7.14. The van der Waals surface area contributed by atoms with Gasteiger partial charge >= 0.3 is 0 Å². The molecule has 21 heavy (non-hydrogen) atoms. The van der Waals surface area contributed by atoms with E-state index in [0.29, 0.717) is 4.88 Å². The summed E-state index contributed by atoms with van der Waals surface area (Å²) in [7, 11) is 0. The van der Waals surface area contributed by atoms with E-state index in [1.165, 1.54) is 29.7 Å². The van der Waals surface area contributed by atoms with E-state index in [1.54, 1.807) is 11.3 Å². The minimum Gasteiger partial charge on any atom is -0.273 e. The fourth-order valence-electron chi connectivity index (χ4n) is 3.25. The number of thiophene rings is 1. The molecule has 114 valence electrons. The van der Waals surface area contributed by atoms with Crippen LogP contribution in [0.25, 0.3) is 0 Å². The van der Waals surface area contributed by atoms with Gasteiger partial charge in [-0.25, -0.2) is 0 Å². The fraction of sp³-hybridized carbons (Fsp3) is 0.625. The third-order valence-corrected chi connectivity index (χ3v) is 5.73. The molecule has 1 aromatic heterocycles. The molecule has 0 spiro atoms. The van der Waals surface area contributed by atoms with Gasteiger partial charge in [-0.3, -0.25) is 20.4 Å². The number of hydrogen-bond acceptors (Lipinski definition) is 3. The van der Waals surface area contributed by atoms with Crippen LogP contribution in [0.4, 0.5) is 0 Å². The molecule has 0 aliphatic heterocycles. The molecule has 2 N–H and O–H groups in total. The third-order valence-electron chi connectivity index (χ3n) is 4.50. The van der Waals surface area contributed by atoms with Gasteiger partial charge in [0.15, 0.2) is 0 Å². The van der Waals surface area contributed by atoms with E-state index >= 15 is 0 Å². The molecular weight excluding hydrogens is 284 g/mol. The average Bonchev–Trinajstić information content (AvgIpc) is 3.11. The van der Waals surface area contributed by atoms with Crippen LogP contribution in [0, 0.1) is 5.92 Å². The first-order chi connectivity index (χ1) is 10.2. The van der Waals surface area contributed by atoms with Crippen LogP contribution in [0.15, 0.2) is 6.07 Å². The highest BCUT2D eigenvalue weighted by Gasteiger charge is 2.23. The van der Waals surface area contributed by atoms with Crippen LogP contribution >= 0.6 is 11.3 Å². The van der Waals surface area contributed by atoms with Crippen molar-refractivity contribution in [2.45, 2.75) is 57.8 Å². The highest BCUT2D eigenvalue weighted by Crippen LogP contribution is 2.29. The Hall–Kier alpha value is -1.36. The number of rotatable bonds is 2. The molecule has 0 unspecified atom stereocenters. The Kier molecular flexibility index (Phi) is 4.58. The summed E-state index contributed by atoms with van der Waals surface area (Å²) in [6, 6.07) is 2.00. The molecule has 1 aromatic rings. The van der Waals surface area contributed by atoms with Crippen molar-refractivity contribution in [3.8, 4) is 0 Å². The van der Waals surface area contributed by atoms with E-state index in [9.17, 15) is 9.59 Å². The van der Waals surface area contributed by atoms with Gasteiger partial charge in [0, 0.05) is 10.8 Å². The van der Waals surface area contributed by atoms with Crippen LogP contribution < -0.4 is 10.9 Å². The van der Waals surface area contributed by atoms with E-state index in [1.807, 2.05) is 6.07 Å². The minimum atomic E-state index is -0.181. The van der Waals surface area contributed by atoms with Crippen LogP contribution in [0.3, 0.4) is 0 Å². The molecule has 0 aromatic carbocycles. The fourth-order valence-corrected chi connectivity index (χ4v) is 4.40. The number of fused-ring (bicyclic) bond motifs is 1. The first-order valence-corrected chi connectivity index (χ1v) is 8.77. The van der Waals surface area contributed by atoms with Crippen LogP contribution in [-0.4, -0.2) is 11.8 Å². The smallest absolute Gasteiger partial charge is 0.273 e. The van der Waals surface area contributed by atoms with Gasteiger partial charge in [-0.2, -0.15) is 0 Å². The topological polar surface area (TPSA) is 58.2 Å². The zero-order valence-electron chi connectivity index (χ0n) is 12.2. The molecule has 0 radical (unpaired) electrons. The van der Waals surface area contributed by atoms with Crippen molar-refractivity contribution >= 4 is 23.2 Å². The molecule has 1 saturated carbocycles. The Morgan fingerprint density at radius 3 is 2.57 bits per heavy atom. The molecule has 2 aliphatic carbocycles. The van der Waals surface area contributed by atoms with Crippen molar-refractivity contribution < 1.29 is 9.59 Å². The maximum absolute atomic E-state index is 12.2. The van der Waals surface area contributed by atoms with Gasteiger partial charge in [0.25, 0.3) is 5.91 Å². The quantitative estimate of drug-likeness (QED) is 0.652. The molecule has 4 nitrogen and oxygen atoms in total. The predicted molar refractivity (Wildman–Crippen MR) is 83.1 cm³/mol. The minimum absolute atomic E-state index is 0.0426. The zero-order valence-corrected chi connectivity index (χ0v) is 13.1. The van der Waals surface area contributed by atoms with Gasteiger partial charge in [0.2, 0.25) is 5.91 Å². The number of carbonyl (C=O) groups excluding carboxylic acids is 2. The third kappa shape index (κ3) is 3.46. The number of hydrogen-bond donors (Lipinski definition) is 2. The summed E-state index contributed by atoms with van der Waals surface area (Å²) < 4.78 is 0. The molecule has 0 saturated heterocycles. The van der Waals surface area contributed by atoms with Crippen molar-refractivity contribution in [2.75, 3.05) is 0 Å². The Bertz CT molecular complexity index is 509. The summed E-state index contributed by atoms with van der Waals surface area (Å²) >= 11 is 1.58. The number of aryl methyl sites for hydroxylation is 2. The normalized spacial score (nSPS) is 18.9. The van der Waals surface area contributed by atoms with E-state index in [-0.39, 0.29) is 17.7 Å². The average molecular weight is 306 g/mol. The van der Waals surface area contributed by atoms with Crippen LogP contribution in [0.1, 0.15) is 65.1 Å². The van der Waals surface area contributed by atoms with E-state index in [2.05, 4.69) is 10.9 Å². The van der Waals surface area contributed by atoms with Crippen molar-refractivity contribution in [1.29, 1.82) is 0 Å². The monoisotopic (exact) mass is 306 g/mol. The van der Waals surface area contributed by atoms with Crippen molar-refractivity contribution in [1.82, 2.24) is 10.9 Å². The summed E-state index contributed by atoms with van der Waals surface area (Å²) in [5.41, 5.74) is 6.48.